The molecule has 0 spiro atoms. The first-order valence-electron chi connectivity index (χ1n) is 7.02. The zero-order chi connectivity index (χ0) is 13.2. The van der Waals surface area contributed by atoms with Gasteiger partial charge in [0.25, 0.3) is 0 Å². The molecule has 1 saturated carbocycles. The van der Waals surface area contributed by atoms with E-state index in [2.05, 4.69) is 53.9 Å². The van der Waals surface area contributed by atoms with Crippen LogP contribution in [0.4, 0.5) is 5.95 Å². The Morgan fingerprint density at radius 2 is 2.06 bits per heavy atom. The molecule has 1 aromatic rings. The number of aromatic nitrogens is 2. The van der Waals surface area contributed by atoms with Crippen LogP contribution in [0.25, 0.3) is 0 Å². The molecule has 1 N–H and O–H groups in total. The largest absolute Gasteiger partial charge is 0.356 e. The fraction of sp³-hybridized carbons (Fsp3) is 0.786. The maximum Gasteiger partial charge on any atom is 0.203 e. The van der Waals surface area contributed by atoms with Gasteiger partial charge in [-0.25, -0.2) is 4.98 Å². The third-order valence-corrected chi connectivity index (χ3v) is 4.18. The first kappa shape index (κ1) is 13.4. The Bertz CT molecular complexity index is 388. The summed E-state index contributed by atoms with van der Waals surface area (Å²) in [5.41, 5.74) is 1.41. The first-order chi connectivity index (χ1) is 8.57. The lowest BCUT2D eigenvalue weighted by Crippen LogP contribution is -2.45. The number of rotatable bonds is 5. The number of anilines is 1. The van der Waals surface area contributed by atoms with Gasteiger partial charge in [0.15, 0.2) is 0 Å². The van der Waals surface area contributed by atoms with E-state index in [0.717, 1.165) is 24.7 Å². The van der Waals surface area contributed by atoms with Crippen molar-refractivity contribution in [3.8, 4) is 0 Å². The Labute approximate surface area is 110 Å². The van der Waals surface area contributed by atoms with E-state index in [1.54, 1.807) is 0 Å². The highest BCUT2D eigenvalue weighted by Gasteiger charge is 2.36. The fourth-order valence-electron chi connectivity index (χ4n) is 3.06. The molecule has 1 aromatic heterocycles. The molecule has 0 unspecified atom stereocenters. The Hall–Kier alpha value is -1.03. The van der Waals surface area contributed by atoms with E-state index in [1.807, 2.05) is 0 Å². The molecule has 0 atom stereocenters. The third kappa shape index (κ3) is 2.53. The van der Waals surface area contributed by atoms with Gasteiger partial charge in [-0.15, -0.1) is 0 Å². The number of likely N-dealkylation sites (N-methyl/N-ethyl adjacent to an activating group) is 1. The van der Waals surface area contributed by atoms with Crippen molar-refractivity contribution in [3.63, 3.8) is 0 Å². The molecule has 4 nitrogen and oxygen atoms in total. The van der Waals surface area contributed by atoms with Crippen molar-refractivity contribution in [2.75, 3.05) is 26.0 Å². The maximum absolute atomic E-state index is 4.57. The summed E-state index contributed by atoms with van der Waals surface area (Å²) in [7, 11) is 4.42. The van der Waals surface area contributed by atoms with Gasteiger partial charge in [0.1, 0.15) is 0 Å². The summed E-state index contributed by atoms with van der Waals surface area (Å²) in [6, 6.07) is 0. The standard InChI is InChI=1S/C14H26N4/c1-5-15-13-16-12(2)10-18(13)11-14(17(3)4)8-6-7-9-14/h10H,5-9,11H2,1-4H3,(H,15,16). The summed E-state index contributed by atoms with van der Waals surface area (Å²) in [6.45, 7) is 6.15. The lowest BCUT2D eigenvalue weighted by molar-refractivity contribution is 0.134. The number of nitrogens with zero attached hydrogens (tertiary/aromatic N) is 3. The van der Waals surface area contributed by atoms with E-state index in [0.29, 0.717) is 5.54 Å². The van der Waals surface area contributed by atoms with Gasteiger partial charge in [-0.1, -0.05) is 12.8 Å². The summed E-state index contributed by atoms with van der Waals surface area (Å²) >= 11 is 0. The van der Waals surface area contributed by atoms with E-state index in [9.17, 15) is 0 Å². The van der Waals surface area contributed by atoms with Gasteiger partial charge in [0.05, 0.1) is 5.69 Å². The minimum absolute atomic E-state index is 0.317. The minimum atomic E-state index is 0.317. The predicted molar refractivity (Wildman–Crippen MR) is 76.0 cm³/mol. The van der Waals surface area contributed by atoms with E-state index < -0.39 is 0 Å². The Balaban J connectivity index is 2.21. The van der Waals surface area contributed by atoms with E-state index in [-0.39, 0.29) is 0 Å². The smallest absolute Gasteiger partial charge is 0.203 e. The third-order valence-electron chi connectivity index (χ3n) is 4.18. The molecule has 18 heavy (non-hydrogen) atoms. The Kier molecular flexibility index (Phi) is 3.95. The van der Waals surface area contributed by atoms with Crippen LogP contribution in [-0.2, 0) is 6.54 Å². The van der Waals surface area contributed by atoms with Crippen LogP contribution in [0.15, 0.2) is 6.20 Å². The number of nitrogens with one attached hydrogen (secondary N) is 1. The van der Waals surface area contributed by atoms with Crippen LogP contribution < -0.4 is 5.32 Å². The lowest BCUT2D eigenvalue weighted by Gasteiger charge is -2.37. The molecule has 0 bridgehead atoms. The van der Waals surface area contributed by atoms with Crippen LogP contribution in [-0.4, -0.2) is 40.6 Å². The average molecular weight is 250 g/mol. The van der Waals surface area contributed by atoms with Crippen molar-refractivity contribution >= 4 is 5.95 Å². The van der Waals surface area contributed by atoms with E-state index in [4.69, 9.17) is 0 Å². The Morgan fingerprint density at radius 3 is 2.61 bits per heavy atom. The topological polar surface area (TPSA) is 33.1 Å². The molecular weight excluding hydrogens is 224 g/mol. The molecule has 0 saturated heterocycles. The van der Waals surface area contributed by atoms with Gasteiger partial charge in [0, 0.05) is 24.8 Å². The molecule has 1 aliphatic rings. The summed E-state index contributed by atoms with van der Waals surface area (Å²) in [6.07, 6.45) is 7.46. The highest BCUT2D eigenvalue weighted by Crippen LogP contribution is 2.35. The van der Waals surface area contributed by atoms with Crippen molar-refractivity contribution < 1.29 is 0 Å². The molecule has 0 radical (unpaired) electrons. The summed E-state index contributed by atoms with van der Waals surface area (Å²) < 4.78 is 2.30. The zero-order valence-electron chi connectivity index (χ0n) is 12.2. The molecule has 0 aromatic carbocycles. The van der Waals surface area contributed by atoms with Gasteiger partial charge in [0.2, 0.25) is 5.95 Å². The SMILES string of the molecule is CCNc1nc(C)cn1CC1(N(C)C)CCCC1. The van der Waals surface area contributed by atoms with Crippen molar-refractivity contribution in [3.05, 3.63) is 11.9 Å². The summed E-state index contributed by atoms with van der Waals surface area (Å²) in [5, 5.41) is 3.36. The summed E-state index contributed by atoms with van der Waals surface area (Å²) in [5.74, 6) is 1.02. The van der Waals surface area contributed by atoms with Crippen molar-refractivity contribution in [2.45, 2.75) is 51.6 Å². The molecule has 2 rings (SSSR count). The number of imidazole rings is 1. The highest BCUT2D eigenvalue weighted by molar-refractivity contribution is 5.29. The molecule has 4 heteroatoms. The number of hydrogen-bond acceptors (Lipinski definition) is 3. The van der Waals surface area contributed by atoms with Gasteiger partial charge in [-0.2, -0.15) is 0 Å². The molecule has 0 aliphatic heterocycles. The van der Waals surface area contributed by atoms with E-state index >= 15 is 0 Å². The Morgan fingerprint density at radius 1 is 1.39 bits per heavy atom. The van der Waals surface area contributed by atoms with Crippen molar-refractivity contribution in [1.82, 2.24) is 14.5 Å². The number of aryl methyl sites for hydroxylation is 1. The maximum atomic E-state index is 4.57. The molecule has 1 fully saturated rings. The second-order valence-corrected chi connectivity index (χ2v) is 5.69. The van der Waals surface area contributed by atoms with E-state index in [1.165, 1.54) is 25.7 Å². The zero-order valence-corrected chi connectivity index (χ0v) is 12.2. The molecule has 102 valence electrons. The van der Waals surface area contributed by atoms with Gasteiger partial charge in [-0.3, -0.25) is 0 Å². The molecule has 0 amide bonds. The molecular formula is C14H26N4. The van der Waals surface area contributed by atoms with Crippen LogP contribution >= 0.6 is 0 Å². The molecule has 1 heterocycles. The normalized spacial score (nSPS) is 18.5. The van der Waals surface area contributed by atoms with Crippen LogP contribution in [0.2, 0.25) is 0 Å². The fourth-order valence-corrected chi connectivity index (χ4v) is 3.06. The quantitative estimate of drug-likeness (QED) is 0.871. The van der Waals surface area contributed by atoms with Crippen LogP contribution in [0, 0.1) is 6.92 Å². The minimum Gasteiger partial charge on any atom is -0.356 e. The van der Waals surface area contributed by atoms with Crippen LogP contribution in [0.1, 0.15) is 38.3 Å². The van der Waals surface area contributed by atoms with Gasteiger partial charge < -0.3 is 14.8 Å². The predicted octanol–water partition coefficient (Wildman–Crippen LogP) is 2.50. The molecule has 1 aliphatic carbocycles. The highest BCUT2D eigenvalue weighted by atomic mass is 15.2. The number of hydrogen-bond donors (Lipinski definition) is 1. The van der Waals surface area contributed by atoms with Gasteiger partial charge >= 0.3 is 0 Å². The van der Waals surface area contributed by atoms with Crippen LogP contribution in [0.3, 0.4) is 0 Å². The lowest BCUT2D eigenvalue weighted by atomic mass is 9.96. The summed E-state index contributed by atoms with van der Waals surface area (Å²) in [4.78, 5) is 6.97. The second kappa shape index (κ2) is 5.31. The second-order valence-electron chi connectivity index (χ2n) is 5.69. The monoisotopic (exact) mass is 250 g/mol. The first-order valence-corrected chi connectivity index (χ1v) is 7.02. The van der Waals surface area contributed by atoms with Crippen molar-refractivity contribution in [2.24, 2.45) is 0 Å². The van der Waals surface area contributed by atoms with Gasteiger partial charge in [-0.05, 0) is 40.8 Å². The average Bonchev–Trinajstić information content (AvgIpc) is 2.89. The van der Waals surface area contributed by atoms with Crippen molar-refractivity contribution in [1.29, 1.82) is 0 Å². The van der Waals surface area contributed by atoms with Crippen LogP contribution in [0.5, 0.6) is 0 Å².